The van der Waals surface area contributed by atoms with Gasteiger partial charge in [0.15, 0.2) is 5.78 Å². The summed E-state index contributed by atoms with van der Waals surface area (Å²) in [6, 6.07) is 16.8. The molecule has 3 rings (SSSR count). The first kappa shape index (κ1) is 13.0. The van der Waals surface area contributed by atoms with E-state index in [-0.39, 0.29) is 5.78 Å². The summed E-state index contributed by atoms with van der Waals surface area (Å²) in [5.41, 5.74) is 3.56. The SMILES string of the molecule is CC(=O)/C=C1\Sc2ccc(-c3ccccc3)cc2N1C. The smallest absolute Gasteiger partial charge is 0.155 e. The first-order chi connectivity index (χ1) is 9.65. The van der Waals surface area contributed by atoms with Crippen LogP contribution in [0.5, 0.6) is 0 Å². The van der Waals surface area contributed by atoms with Gasteiger partial charge in [-0.3, -0.25) is 4.79 Å². The third-order valence-electron chi connectivity index (χ3n) is 3.30. The summed E-state index contributed by atoms with van der Waals surface area (Å²) >= 11 is 1.64. The van der Waals surface area contributed by atoms with Gasteiger partial charge in [-0.2, -0.15) is 0 Å². The standard InChI is InChI=1S/C17H15NOS/c1-12(19)10-17-18(2)15-11-14(8-9-16(15)20-17)13-6-4-3-5-7-13/h3-11H,1-2H3/b17-10-. The molecule has 2 nitrogen and oxygen atoms in total. The lowest BCUT2D eigenvalue weighted by Crippen LogP contribution is -2.10. The minimum atomic E-state index is 0.0791. The van der Waals surface area contributed by atoms with E-state index in [1.165, 1.54) is 16.0 Å². The molecule has 1 aliphatic heterocycles. The quantitative estimate of drug-likeness (QED) is 0.764. The zero-order valence-electron chi connectivity index (χ0n) is 11.5. The normalized spacial score (nSPS) is 15.5. The molecule has 0 aliphatic carbocycles. The van der Waals surface area contributed by atoms with Crippen molar-refractivity contribution in [3.63, 3.8) is 0 Å². The highest BCUT2D eigenvalue weighted by Gasteiger charge is 2.22. The molecule has 0 radical (unpaired) electrons. The van der Waals surface area contributed by atoms with Gasteiger partial charge >= 0.3 is 0 Å². The number of carbonyl (C=O) groups is 1. The molecule has 20 heavy (non-hydrogen) atoms. The van der Waals surface area contributed by atoms with Crippen molar-refractivity contribution in [2.45, 2.75) is 11.8 Å². The Balaban J connectivity index is 2.01. The average Bonchev–Trinajstić information content (AvgIpc) is 2.75. The lowest BCUT2D eigenvalue weighted by atomic mass is 10.1. The number of rotatable bonds is 2. The number of hydrogen-bond acceptors (Lipinski definition) is 3. The largest absolute Gasteiger partial charge is 0.338 e. The summed E-state index contributed by atoms with van der Waals surface area (Å²) in [5, 5.41) is 0.984. The van der Waals surface area contributed by atoms with E-state index in [2.05, 4.69) is 35.2 Å². The van der Waals surface area contributed by atoms with Crippen LogP contribution >= 0.6 is 11.8 Å². The van der Waals surface area contributed by atoms with Crippen LogP contribution in [-0.4, -0.2) is 12.8 Å². The van der Waals surface area contributed by atoms with Gasteiger partial charge in [0, 0.05) is 18.0 Å². The van der Waals surface area contributed by atoms with Crippen LogP contribution in [0.4, 0.5) is 5.69 Å². The van der Waals surface area contributed by atoms with Crippen molar-refractivity contribution in [2.75, 3.05) is 11.9 Å². The number of hydrogen-bond donors (Lipinski definition) is 0. The van der Waals surface area contributed by atoms with Crippen LogP contribution in [0.3, 0.4) is 0 Å². The fourth-order valence-electron chi connectivity index (χ4n) is 2.28. The average molecular weight is 281 g/mol. The van der Waals surface area contributed by atoms with Crippen molar-refractivity contribution in [3.8, 4) is 11.1 Å². The van der Waals surface area contributed by atoms with Crippen LogP contribution in [0.15, 0.2) is 64.5 Å². The van der Waals surface area contributed by atoms with E-state index in [9.17, 15) is 4.79 Å². The van der Waals surface area contributed by atoms with Gasteiger partial charge in [0.05, 0.1) is 10.7 Å². The van der Waals surface area contributed by atoms with Gasteiger partial charge in [-0.15, -0.1) is 0 Å². The second-order valence-electron chi connectivity index (χ2n) is 4.80. The number of nitrogens with zero attached hydrogens (tertiary/aromatic N) is 1. The predicted octanol–water partition coefficient (Wildman–Crippen LogP) is 4.33. The topological polar surface area (TPSA) is 20.3 Å². The molecule has 2 aromatic rings. The molecule has 0 amide bonds. The van der Waals surface area contributed by atoms with Crippen LogP contribution in [0, 0.1) is 0 Å². The molecule has 0 N–H and O–H groups in total. The summed E-state index contributed by atoms with van der Waals surface area (Å²) in [5.74, 6) is 0.0791. The van der Waals surface area contributed by atoms with Crippen LogP contribution in [-0.2, 0) is 4.79 Å². The molecule has 2 aromatic carbocycles. The highest BCUT2D eigenvalue weighted by Crippen LogP contribution is 2.46. The number of ketones is 1. The van der Waals surface area contributed by atoms with Crippen LogP contribution in [0.1, 0.15) is 6.92 Å². The molecule has 0 unspecified atom stereocenters. The van der Waals surface area contributed by atoms with Crippen molar-refractivity contribution in [1.82, 2.24) is 0 Å². The van der Waals surface area contributed by atoms with E-state index in [0.717, 1.165) is 10.7 Å². The highest BCUT2D eigenvalue weighted by molar-refractivity contribution is 8.03. The van der Waals surface area contributed by atoms with E-state index < -0.39 is 0 Å². The molecule has 1 aliphatic rings. The fraction of sp³-hybridized carbons (Fsp3) is 0.118. The molecule has 0 saturated carbocycles. The molecule has 0 saturated heterocycles. The Morgan fingerprint density at radius 2 is 1.85 bits per heavy atom. The number of allylic oxidation sites excluding steroid dienone is 1. The van der Waals surface area contributed by atoms with Crippen LogP contribution in [0.25, 0.3) is 11.1 Å². The number of benzene rings is 2. The molecule has 3 heteroatoms. The molecule has 1 heterocycles. The summed E-state index contributed by atoms with van der Waals surface area (Å²) in [6.45, 7) is 1.58. The highest BCUT2D eigenvalue weighted by atomic mass is 32.2. The van der Waals surface area contributed by atoms with E-state index in [0.29, 0.717) is 0 Å². The van der Waals surface area contributed by atoms with E-state index >= 15 is 0 Å². The third-order valence-corrected chi connectivity index (χ3v) is 4.47. The van der Waals surface area contributed by atoms with Crippen molar-refractivity contribution in [3.05, 3.63) is 59.6 Å². The second-order valence-corrected chi connectivity index (χ2v) is 5.87. The van der Waals surface area contributed by atoms with Gasteiger partial charge in [-0.1, -0.05) is 48.2 Å². The Kier molecular flexibility index (Phi) is 3.36. The Morgan fingerprint density at radius 3 is 2.55 bits per heavy atom. The van der Waals surface area contributed by atoms with E-state index in [4.69, 9.17) is 0 Å². The summed E-state index contributed by atoms with van der Waals surface area (Å²) in [7, 11) is 2.00. The lowest BCUT2D eigenvalue weighted by molar-refractivity contribution is -0.112. The third kappa shape index (κ3) is 2.37. The van der Waals surface area contributed by atoms with Gasteiger partial charge in [0.2, 0.25) is 0 Å². The van der Waals surface area contributed by atoms with E-state index in [1.807, 2.05) is 25.2 Å². The van der Waals surface area contributed by atoms with Gasteiger partial charge in [0.1, 0.15) is 0 Å². The summed E-state index contributed by atoms with van der Waals surface area (Å²) < 4.78 is 0. The zero-order valence-corrected chi connectivity index (χ0v) is 12.3. The van der Waals surface area contributed by atoms with Crippen LogP contribution < -0.4 is 4.90 Å². The molecular weight excluding hydrogens is 266 g/mol. The summed E-state index contributed by atoms with van der Waals surface area (Å²) in [6.07, 6.45) is 1.69. The molecule has 0 atom stereocenters. The van der Waals surface area contributed by atoms with Crippen molar-refractivity contribution < 1.29 is 4.79 Å². The Hall–Kier alpha value is -2.00. The van der Waals surface area contributed by atoms with Gasteiger partial charge in [-0.25, -0.2) is 0 Å². The fourth-order valence-corrected chi connectivity index (χ4v) is 3.40. The number of anilines is 1. The Bertz CT molecular complexity index is 691. The van der Waals surface area contributed by atoms with Crippen molar-refractivity contribution in [1.29, 1.82) is 0 Å². The maximum atomic E-state index is 11.3. The number of carbonyl (C=O) groups excluding carboxylic acids is 1. The van der Waals surface area contributed by atoms with Gasteiger partial charge < -0.3 is 4.90 Å². The van der Waals surface area contributed by atoms with Crippen LogP contribution in [0.2, 0.25) is 0 Å². The zero-order chi connectivity index (χ0) is 14.1. The molecular formula is C17H15NOS. The number of fused-ring (bicyclic) bond motifs is 1. The molecule has 100 valence electrons. The second kappa shape index (κ2) is 5.17. The minimum absolute atomic E-state index is 0.0791. The predicted molar refractivity (Wildman–Crippen MR) is 84.9 cm³/mol. The monoisotopic (exact) mass is 281 g/mol. The maximum absolute atomic E-state index is 11.3. The lowest BCUT2D eigenvalue weighted by Gasteiger charge is -2.14. The number of thioether (sulfide) groups is 1. The van der Waals surface area contributed by atoms with E-state index in [1.54, 1.807) is 24.8 Å². The minimum Gasteiger partial charge on any atom is -0.338 e. The molecule has 0 aromatic heterocycles. The molecule has 0 fully saturated rings. The van der Waals surface area contributed by atoms with Gasteiger partial charge in [-0.05, 0) is 30.2 Å². The molecule has 0 bridgehead atoms. The first-order valence-corrected chi connectivity index (χ1v) is 7.30. The maximum Gasteiger partial charge on any atom is 0.155 e. The Morgan fingerprint density at radius 1 is 1.10 bits per heavy atom. The Labute approximate surface area is 123 Å². The first-order valence-electron chi connectivity index (χ1n) is 6.48. The van der Waals surface area contributed by atoms with Gasteiger partial charge in [0.25, 0.3) is 0 Å². The van der Waals surface area contributed by atoms with Crippen molar-refractivity contribution >= 4 is 23.2 Å². The van der Waals surface area contributed by atoms with Crippen molar-refractivity contribution in [2.24, 2.45) is 0 Å². The summed E-state index contributed by atoms with van der Waals surface area (Å²) in [4.78, 5) is 14.5. The molecule has 0 spiro atoms.